The second kappa shape index (κ2) is 4.73. The summed E-state index contributed by atoms with van der Waals surface area (Å²) >= 11 is 5.45. The molecule has 1 heterocycles. The fraction of sp³-hybridized carbons (Fsp3) is 0. The molecule has 0 atom stereocenters. The number of carbonyl (C=O) groups excluding carboxylic acids is 1. The Morgan fingerprint density at radius 3 is 2.28 bits per heavy atom. The first-order valence-electron chi connectivity index (χ1n) is 4.68. The number of amides is 1. The summed E-state index contributed by atoms with van der Waals surface area (Å²) < 4.78 is 43.9. The Labute approximate surface area is 104 Å². The Bertz CT molecular complexity index is 589. The fourth-order valence-electron chi connectivity index (χ4n) is 1.27. The summed E-state index contributed by atoms with van der Waals surface area (Å²) in [6.45, 7) is 0. The van der Waals surface area contributed by atoms with E-state index >= 15 is 0 Å². The number of anilines is 1. The van der Waals surface area contributed by atoms with Gasteiger partial charge in [0.25, 0.3) is 5.91 Å². The lowest BCUT2D eigenvalue weighted by Gasteiger charge is -2.06. The maximum Gasteiger partial charge on any atom is 0.291 e. The maximum absolute atomic E-state index is 13.2. The largest absolute Gasteiger partial charge is 0.440 e. The molecule has 94 valence electrons. The van der Waals surface area contributed by atoms with Crippen molar-refractivity contribution >= 4 is 23.2 Å². The Morgan fingerprint density at radius 2 is 1.78 bits per heavy atom. The number of furan rings is 1. The van der Waals surface area contributed by atoms with Crippen LogP contribution in [0, 0.1) is 17.5 Å². The molecule has 3 nitrogen and oxygen atoms in total. The second-order valence-electron chi connectivity index (χ2n) is 3.30. The molecular formula is C11H5ClF3NO2. The van der Waals surface area contributed by atoms with E-state index in [9.17, 15) is 18.0 Å². The third kappa shape index (κ3) is 2.48. The van der Waals surface area contributed by atoms with Gasteiger partial charge in [0, 0.05) is 12.1 Å². The van der Waals surface area contributed by atoms with Crippen LogP contribution in [0.5, 0.6) is 0 Å². The van der Waals surface area contributed by atoms with Gasteiger partial charge in [-0.25, -0.2) is 13.2 Å². The molecule has 1 N–H and O–H groups in total. The van der Waals surface area contributed by atoms with Crippen molar-refractivity contribution in [2.45, 2.75) is 0 Å². The summed E-state index contributed by atoms with van der Waals surface area (Å²) in [7, 11) is 0. The predicted octanol–water partition coefficient (Wildman–Crippen LogP) is 3.60. The zero-order valence-electron chi connectivity index (χ0n) is 8.64. The van der Waals surface area contributed by atoms with Crippen molar-refractivity contribution < 1.29 is 22.4 Å². The van der Waals surface area contributed by atoms with E-state index < -0.39 is 29.0 Å². The molecule has 2 rings (SSSR count). The van der Waals surface area contributed by atoms with Gasteiger partial charge in [-0.05, 0) is 23.7 Å². The highest BCUT2D eigenvalue weighted by molar-refractivity contribution is 6.29. The lowest BCUT2D eigenvalue weighted by Crippen LogP contribution is -2.13. The second-order valence-corrected chi connectivity index (χ2v) is 3.67. The molecule has 1 aromatic carbocycles. The van der Waals surface area contributed by atoms with Crippen molar-refractivity contribution in [1.29, 1.82) is 0 Å². The van der Waals surface area contributed by atoms with Gasteiger partial charge in [0.05, 0.1) is 0 Å². The molecule has 0 radical (unpaired) electrons. The number of nitrogens with one attached hydrogen (secondary N) is 1. The normalized spacial score (nSPS) is 10.4. The first kappa shape index (κ1) is 12.5. The number of carbonyl (C=O) groups is 1. The van der Waals surface area contributed by atoms with E-state index in [1.807, 2.05) is 5.32 Å². The number of hydrogen-bond acceptors (Lipinski definition) is 2. The van der Waals surface area contributed by atoms with E-state index in [1.165, 1.54) is 12.1 Å². The van der Waals surface area contributed by atoms with Gasteiger partial charge in [0.1, 0.15) is 11.5 Å². The number of halogens is 4. The van der Waals surface area contributed by atoms with Crippen LogP contribution in [-0.4, -0.2) is 5.91 Å². The molecule has 0 saturated carbocycles. The van der Waals surface area contributed by atoms with Crippen LogP contribution in [0.1, 0.15) is 10.6 Å². The van der Waals surface area contributed by atoms with E-state index in [2.05, 4.69) is 0 Å². The summed E-state index contributed by atoms with van der Waals surface area (Å²) in [5.74, 6) is -4.64. The first-order valence-corrected chi connectivity index (χ1v) is 5.06. The average molecular weight is 276 g/mol. The topological polar surface area (TPSA) is 42.2 Å². The zero-order valence-corrected chi connectivity index (χ0v) is 9.39. The van der Waals surface area contributed by atoms with Gasteiger partial charge in [-0.2, -0.15) is 0 Å². The third-order valence-corrected chi connectivity index (χ3v) is 2.25. The molecule has 0 aliphatic heterocycles. The van der Waals surface area contributed by atoms with Crippen LogP contribution in [0.15, 0.2) is 28.7 Å². The summed E-state index contributed by atoms with van der Waals surface area (Å²) in [5.41, 5.74) is -0.756. The van der Waals surface area contributed by atoms with Crippen LogP contribution in [0.4, 0.5) is 18.9 Å². The molecular weight excluding hydrogens is 271 g/mol. The lowest BCUT2D eigenvalue weighted by atomic mass is 10.2. The molecule has 0 bridgehead atoms. The quantitative estimate of drug-likeness (QED) is 0.910. The smallest absolute Gasteiger partial charge is 0.291 e. The van der Waals surface area contributed by atoms with E-state index in [4.69, 9.17) is 16.0 Å². The van der Waals surface area contributed by atoms with Crippen molar-refractivity contribution in [2.24, 2.45) is 0 Å². The Kier molecular flexibility index (Phi) is 3.29. The number of hydrogen-bond donors (Lipinski definition) is 1. The van der Waals surface area contributed by atoms with Crippen molar-refractivity contribution in [3.8, 4) is 0 Å². The predicted molar refractivity (Wildman–Crippen MR) is 58.0 cm³/mol. The minimum absolute atomic E-state index is 0.0415. The molecule has 0 unspecified atom stereocenters. The van der Waals surface area contributed by atoms with Crippen LogP contribution in [0.3, 0.4) is 0 Å². The lowest BCUT2D eigenvalue weighted by molar-refractivity contribution is 0.0995. The fourth-order valence-corrected chi connectivity index (χ4v) is 1.42. The number of rotatable bonds is 2. The highest BCUT2D eigenvalue weighted by atomic mass is 35.5. The molecule has 7 heteroatoms. The number of benzene rings is 1. The maximum atomic E-state index is 13.2. The van der Waals surface area contributed by atoms with Crippen LogP contribution in [-0.2, 0) is 0 Å². The first-order chi connectivity index (χ1) is 8.47. The SMILES string of the molecule is O=C(Nc1c(F)cc(F)cc1F)c1ccc(Cl)o1. The van der Waals surface area contributed by atoms with Crippen molar-refractivity contribution in [3.05, 3.63) is 52.7 Å². The van der Waals surface area contributed by atoms with Crippen molar-refractivity contribution in [1.82, 2.24) is 0 Å². The van der Waals surface area contributed by atoms with E-state index in [0.717, 1.165) is 0 Å². The monoisotopic (exact) mass is 275 g/mol. The molecule has 0 spiro atoms. The van der Waals surface area contributed by atoms with Gasteiger partial charge in [0.15, 0.2) is 22.6 Å². The van der Waals surface area contributed by atoms with Gasteiger partial charge in [-0.3, -0.25) is 4.79 Å². The minimum atomic E-state index is -1.22. The van der Waals surface area contributed by atoms with E-state index in [1.54, 1.807) is 0 Å². The summed E-state index contributed by atoms with van der Waals surface area (Å²) in [5, 5.41) is 1.89. The van der Waals surface area contributed by atoms with E-state index in [-0.39, 0.29) is 11.0 Å². The van der Waals surface area contributed by atoms with Crippen molar-refractivity contribution in [3.63, 3.8) is 0 Å². The highest BCUT2D eigenvalue weighted by Gasteiger charge is 2.17. The summed E-state index contributed by atoms with van der Waals surface area (Å²) in [4.78, 5) is 11.5. The van der Waals surface area contributed by atoms with Crippen LogP contribution < -0.4 is 5.32 Å². The minimum Gasteiger partial charge on any atom is -0.440 e. The standard InChI is InChI=1S/C11H5ClF3NO2/c12-9-2-1-8(18-9)11(17)16-10-6(14)3-5(13)4-7(10)15/h1-4H,(H,16,17). The molecule has 0 saturated heterocycles. The molecule has 2 aromatic rings. The molecule has 0 aliphatic rings. The average Bonchev–Trinajstić information content (AvgIpc) is 2.70. The molecule has 0 fully saturated rings. The van der Waals surface area contributed by atoms with Gasteiger partial charge < -0.3 is 9.73 Å². The zero-order chi connectivity index (χ0) is 13.3. The van der Waals surface area contributed by atoms with Gasteiger partial charge in [0.2, 0.25) is 0 Å². The van der Waals surface area contributed by atoms with Gasteiger partial charge >= 0.3 is 0 Å². The summed E-state index contributed by atoms with van der Waals surface area (Å²) in [6.07, 6.45) is 0. The highest BCUT2D eigenvalue weighted by Crippen LogP contribution is 2.21. The molecule has 1 aromatic heterocycles. The third-order valence-electron chi connectivity index (χ3n) is 2.04. The Balaban J connectivity index is 2.27. The van der Waals surface area contributed by atoms with Crippen molar-refractivity contribution in [2.75, 3.05) is 5.32 Å². The molecule has 0 aliphatic carbocycles. The molecule has 1 amide bonds. The Hall–Kier alpha value is -1.95. The van der Waals surface area contributed by atoms with Crippen LogP contribution >= 0.6 is 11.6 Å². The van der Waals surface area contributed by atoms with Gasteiger partial charge in [-0.15, -0.1) is 0 Å². The van der Waals surface area contributed by atoms with Crippen LogP contribution in [0.25, 0.3) is 0 Å². The molecule has 18 heavy (non-hydrogen) atoms. The Morgan fingerprint density at radius 1 is 1.17 bits per heavy atom. The van der Waals surface area contributed by atoms with Gasteiger partial charge in [-0.1, -0.05) is 0 Å². The van der Waals surface area contributed by atoms with E-state index in [0.29, 0.717) is 12.1 Å². The van der Waals surface area contributed by atoms with Crippen LogP contribution in [0.2, 0.25) is 5.22 Å². The summed E-state index contributed by atoms with van der Waals surface area (Å²) in [6, 6.07) is 3.44.